The maximum Gasteiger partial charge on any atom is 0.478 e. The van der Waals surface area contributed by atoms with Crippen LogP contribution in [-0.4, -0.2) is 13.2 Å². The van der Waals surface area contributed by atoms with Crippen LogP contribution in [0.25, 0.3) is 0 Å². The molecule has 2 saturated carbocycles. The summed E-state index contributed by atoms with van der Waals surface area (Å²) in [5, 5.41) is 0. The number of hydrogen-bond donors (Lipinski definition) is 0. The van der Waals surface area contributed by atoms with Crippen LogP contribution in [0.5, 0.6) is 0 Å². The highest BCUT2D eigenvalue weighted by atomic mass is 19.4. The van der Waals surface area contributed by atoms with Gasteiger partial charge < -0.3 is 12.9 Å². The summed E-state index contributed by atoms with van der Waals surface area (Å²) < 4.78 is 72.7. The quantitative estimate of drug-likeness (QED) is 0.505. The molecule has 94 valence electrons. The lowest BCUT2D eigenvalue weighted by molar-refractivity contribution is -0.239. The molecule has 0 aliphatic heterocycles. The Balaban J connectivity index is 1.75. The van der Waals surface area contributed by atoms with Crippen molar-refractivity contribution in [2.24, 2.45) is 17.3 Å². The largest absolute Gasteiger partial charge is 0.478 e. The van der Waals surface area contributed by atoms with Crippen LogP contribution in [0.4, 0.5) is 26.1 Å². The molecule has 16 heavy (non-hydrogen) atoms. The van der Waals surface area contributed by atoms with E-state index in [9.17, 15) is 26.1 Å². The summed E-state index contributed by atoms with van der Waals surface area (Å²) in [6.07, 6.45) is -4.19. The van der Waals surface area contributed by atoms with Crippen molar-refractivity contribution in [2.75, 3.05) is 0 Å². The fourth-order valence-corrected chi connectivity index (χ4v) is 3.26. The van der Waals surface area contributed by atoms with Crippen molar-refractivity contribution in [2.45, 2.75) is 38.2 Å². The van der Waals surface area contributed by atoms with Gasteiger partial charge in [-0.1, -0.05) is 12.2 Å². The maximum atomic E-state index is 12.2. The van der Waals surface area contributed by atoms with Crippen molar-refractivity contribution in [3.8, 4) is 0 Å². The molecule has 2 rings (SSSR count). The van der Waals surface area contributed by atoms with Gasteiger partial charge in [-0.05, 0) is 31.1 Å². The van der Waals surface area contributed by atoms with E-state index in [0.717, 1.165) is 0 Å². The number of rotatable bonds is 2. The minimum Gasteiger partial charge on any atom is -0.449 e. The molecule has 0 unspecified atom stereocenters. The Morgan fingerprint density at radius 1 is 1.00 bits per heavy atom. The summed E-state index contributed by atoms with van der Waals surface area (Å²) in [5.74, 6) is -1.70. The summed E-state index contributed by atoms with van der Waals surface area (Å²) in [4.78, 5) is 0. The van der Waals surface area contributed by atoms with Crippen molar-refractivity contribution in [3.63, 3.8) is 0 Å². The smallest absolute Gasteiger partial charge is 0.449 e. The molecule has 0 bridgehead atoms. The number of alkyl halides is 3. The zero-order valence-corrected chi connectivity index (χ0v) is 8.54. The third-order valence-electron chi connectivity index (χ3n) is 3.87. The second-order valence-corrected chi connectivity index (χ2v) is 5.37. The number of hydrogen-bond acceptors (Lipinski definition) is 0. The predicted molar refractivity (Wildman–Crippen MR) is 47.8 cm³/mol. The van der Waals surface area contributed by atoms with Crippen LogP contribution in [0.2, 0.25) is 6.32 Å². The second-order valence-electron chi connectivity index (χ2n) is 5.37. The van der Waals surface area contributed by atoms with Crippen LogP contribution in [0.1, 0.15) is 25.7 Å². The molecule has 0 aromatic rings. The molecule has 0 saturated heterocycles. The van der Waals surface area contributed by atoms with Crippen LogP contribution in [0.3, 0.4) is 0 Å². The lowest BCUT2D eigenvalue weighted by atomic mass is 9.46. The van der Waals surface area contributed by atoms with Gasteiger partial charge in [-0.3, -0.25) is 0 Å². The molecule has 1 spiro atoms. The van der Waals surface area contributed by atoms with Crippen LogP contribution < -0.4 is 0 Å². The molecule has 0 heterocycles. The molecule has 0 amide bonds. The van der Waals surface area contributed by atoms with Crippen molar-refractivity contribution in [3.05, 3.63) is 0 Å². The zero-order chi connectivity index (χ0) is 12.2. The molecule has 0 radical (unpaired) electrons. The van der Waals surface area contributed by atoms with Crippen molar-refractivity contribution < 1.29 is 26.1 Å². The van der Waals surface area contributed by atoms with E-state index in [0.29, 0.717) is 12.8 Å². The topological polar surface area (TPSA) is 0 Å². The van der Waals surface area contributed by atoms with E-state index in [1.54, 1.807) is 0 Å². The first-order valence-corrected chi connectivity index (χ1v) is 5.37. The first kappa shape index (κ1) is 12.1. The monoisotopic (exact) mass is 245 g/mol. The van der Waals surface area contributed by atoms with Gasteiger partial charge in [0.15, 0.2) is 0 Å². The summed E-state index contributed by atoms with van der Waals surface area (Å²) in [5.41, 5.74) is -0.397. The normalized spacial score (nSPS) is 39.4. The molecule has 0 aromatic heterocycles. The van der Waals surface area contributed by atoms with Crippen LogP contribution in [-0.2, 0) is 0 Å². The molecule has 0 nitrogen and oxygen atoms in total. The molecular weight excluding hydrogens is 233 g/mol. The van der Waals surface area contributed by atoms with Gasteiger partial charge in [-0.25, -0.2) is 0 Å². The van der Waals surface area contributed by atoms with E-state index < -0.39 is 36.7 Å². The standard InChI is InChI=1S/C9H12BF6/c11-9(12,13)7-3-8(4-7)1-6(2-8)5-10(14,15)16/h6-7H,1-5H2/q-1. The first-order chi connectivity index (χ1) is 7.10. The van der Waals surface area contributed by atoms with Gasteiger partial charge in [0.2, 0.25) is 0 Å². The molecule has 2 aliphatic rings. The summed E-state index contributed by atoms with van der Waals surface area (Å²) >= 11 is 0. The Labute approximate surface area is 89.4 Å². The van der Waals surface area contributed by atoms with Gasteiger partial charge in [-0.2, -0.15) is 13.2 Å². The van der Waals surface area contributed by atoms with E-state index in [2.05, 4.69) is 0 Å². The Hall–Kier alpha value is -0.355. The van der Waals surface area contributed by atoms with Gasteiger partial charge in [-0.15, -0.1) is 0 Å². The van der Waals surface area contributed by atoms with Crippen molar-refractivity contribution in [1.82, 2.24) is 0 Å². The summed E-state index contributed by atoms with van der Waals surface area (Å²) in [7, 11) is 0. The molecule has 0 N–H and O–H groups in total. The maximum absolute atomic E-state index is 12.2. The average Bonchev–Trinajstić information content (AvgIpc) is 1.85. The van der Waals surface area contributed by atoms with Gasteiger partial charge in [0.05, 0.1) is 5.92 Å². The van der Waals surface area contributed by atoms with E-state index in [1.165, 1.54) is 0 Å². The Morgan fingerprint density at radius 2 is 1.50 bits per heavy atom. The number of halogens is 6. The Morgan fingerprint density at radius 3 is 1.88 bits per heavy atom. The zero-order valence-electron chi connectivity index (χ0n) is 8.54. The third-order valence-corrected chi connectivity index (χ3v) is 3.87. The molecule has 2 aliphatic carbocycles. The van der Waals surface area contributed by atoms with E-state index in [-0.39, 0.29) is 12.8 Å². The van der Waals surface area contributed by atoms with Crippen LogP contribution >= 0.6 is 0 Å². The van der Waals surface area contributed by atoms with Crippen molar-refractivity contribution in [1.29, 1.82) is 0 Å². The third kappa shape index (κ3) is 2.32. The van der Waals surface area contributed by atoms with Gasteiger partial charge in [0.1, 0.15) is 0 Å². The molecule has 7 heteroatoms. The molecule has 0 aromatic carbocycles. The van der Waals surface area contributed by atoms with Gasteiger partial charge in [0, 0.05) is 0 Å². The minimum absolute atomic E-state index is 0.0395. The lowest BCUT2D eigenvalue weighted by Crippen LogP contribution is -2.52. The van der Waals surface area contributed by atoms with Crippen LogP contribution in [0.15, 0.2) is 0 Å². The van der Waals surface area contributed by atoms with Crippen LogP contribution in [0, 0.1) is 17.3 Å². The van der Waals surface area contributed by atoms with Gasteiger partial charge in [0.25, 0.3) is 0 Å². The molecule has 2 fully saturated rings. The highest BCUT2D eigenvalue weighted by molar-refractivity contribution is 6.58. The van der Waals surface area contributed by atoms with E-state index >= 15 is 0 Å². The highest BCUT2D eigenvalue weighted by Gasteiger charge is 2.60. The van der Waals surface area contributed by atoms with Crippen molar-refractivity contribution >= 4 is 6.98 Å². The minimum atomic E-state index is -4.78. The lowest BCUT2D eigenvalue weighted by Gasteiger charge is -2.59. The summed E-state index contributed by atoms with van der Waals surface area (Å²) in [6.45, 7) is -4.78. The Bertz CT molecular complexity index is 267. The molecule has 0 atom stereocenters. The second kappa shape index (κ2) is 3.32. The SMILES string of the molecule is F[B-](F)(F)CC1CC2(C1)CC(C(F)(F)F)C2. The molecular formula is C9H12BF6-. The first-order valence-electron chi connectivity index (χ1n) is 5.37. The fraction of sp³-hybridized carbons (Fsp3) is 1.00. The van der Waals surface area contributed by atoms with Gasteiger partial charge >= 0.3 is 13.2 Å². The Kier molecular flexibility index (Phi) is 2.52. The van der Waals surface area contributed by atoms with E-state index in [4.69, 9.17) is 0 Å². The fourth-order valence-electron chi connectivity index (χ4n) is 3.26. The average molecular weight is 245 g/mol. The predicted octanol–water partition coefficient (Wildman–Crippen LogP) is 4.20. The van der Waals surface area contributed by atoms with E-state index in [1.807, 2.05) is 0 Å². The highest BCUT2D eigenvalue weighted by Crippen LogP contribution is 2.65. The summed E-state index contributed by atoms with van der Waals surface area (Å²) in [6, 6.07) is 0.